The molecule has 0 aliphatic carbocycles. The van der Waals surface area contributed by atoms with Gasteiger partial charge in [-0.2, -0.15) is 0 Å². The lowest BCUT2D eigenvalue weighted by Crippen LogP contribution is -2.17. The molecule has 1 heteroatoms. The molecule has 0 bridgehead atoms. The van der Waals surface area contributed by atoms with Crippen LogP contribution < -0.4 is 0 Å². The van der Waals surface area contributed by atoms with Crippen LogP contribution in [0.25, 0.3) is 0 Å². The Bertz CT molecular complexity index is 292. The minimum absolute atomic E-state index is 0.839. The summed E-state index contributed by atoms with van der Waals surface area (Å²) in [6.07, 6.45) is 0. The first-order chi connectivity index (χ1) is 6.33. The highest BCUT2D eigenvalue weighted by molar-refractivity contribution is 5.33. The topological polar surface area (TPSA) is 3.24 Å². The van der Waals surface area contributed by atoms with Crippen LogP contribution in [0.1, 0.15) is 12.5 Å². The first kappa shape index (κ1) is 9.83. The van der Waals surface area contributed by atoms with Gasteiger partial charge in [0.15, 0.2) is 0 Å². The van der Waals surface area contributed by atoms with E-state index in [1.54, 1.807) is 0 Å². The highest BCUT2D eigenvalue weighted by Crippen LogP contribution is 1.94. The van der Waals surface area contributed by atoms with E-state index < -0.39 is 0 Å². The van der Waals surface area contributed by atoms with Crippen LogP contribution in [0.3, 0.4) is 0 Å². The molecule has 0 saturated carbocycles. The zero-order valence-electron chi connectivity index (χ0n) is 8.25. The molecule has 0 radical (unpaired) electrons. The normalized spacial score (nSPS) is 9.46. The van der Waals surface area contributed by atoms with Gasteiger partial charge in [0.2, 0.25) is 0 Å². The maximum atomic E-state index is 3.13. The maximum Gasteiger partial charge on any atom is 0.0602 e. The first-order valence-corrected chi connectivity index (χ1v) is 4.55. The molecule has 0 atom stereocenters. The lowest BCUT2D eigenvalue weighted by molar-refractivity contribution is 0.398. The molecule has 0 aromatic heterocycles. The van der Waals surface area contributed by atoms with Crippen LogP contribution in [0.15, 0.2) is 30.3 Å². The van der Waals surface area contributed by atoms with E-state index in [0.717, 1.165) is 18.7 Å². The zero-order valence-corrected chi connectivity index (χ0v) is 8.25. The molecule has 0 heterocycles. The largest absolute Gasteiger partial charge is 0.296 e. The zero-order chi connectivity index (χ0) is 9.52. The summed E-state index contributed by atoms with van der Waals surface area (Å²) in [6, 6.07) is 10.1. The Morgan fingerprint density at radius 2 is 1.92 bits per heavy atom. The smallest absolute Gasteiger partial charge is 0.0602 e. The molecular formula is C12H15N. The van der Waals surface area contributed by atoms with E-state index in [1.165, 1.54) is 0 Å². The van der Waals surface area contributed by atoms with Crippen LogP contribution in [0, 0.1) is 11.8 Å². The predicted molar refractivity (Wildman–Crippen MR) is 56.5 cm³/mol. The van der Waals surface area contributed by atoms with E-state index in [9.17, 15) is 0 Å². The van der Waals surface area contributed by atoms with E-state index >= 15 is 0 Å². The van der Waals surface area contributed by atoms with Crippen molar-refractivity contribution < 1.29 is 0 Å². The van der Waals surface area contributed by atoms with Crippen molar-refractivity contribution in [3.05, 3.63) is 35.9 Å². The van der Waals surface area contributed by atoms with Crippen LogP contribution in [0.5, 0.6) is 0 Å². The second-order valence-electron chi connectivity index (χ2n) is 3.00. The van der Waals surface area contributed by atoms with E-state index in [-0.39, 0.29) is 0 Å². The summed E-state index contributed by atoms with van der Waals surface area (Å²) in [5.41, 5.74) is 1.09. The summed E-state index contributed by atoms with van der Waals surface area (Å²) in [7, 11) is 2.07. The molecule has 1 aromatic carbocycles. The summed E-state index contributed by atoms with van der Waals surface area (Å²) in [5.74, 6) is 6.25. The van der Waals surface area contributed by atoms with Gasteiger partial charge >= 0.3 is 0 Å². The summed E-state index contributed by atoms with van der Waals surface area (Å²) < 4.78 is 0. The Morgan fingerprint density at radius 3 is 2.54 bits per heavy atom. The first-order valence-electron chi connectivity index (χ1n) is 4.55. The Balaban J connectivity index is 2.49. The molecular weight excluding hydrogens is 158 g/mol. The van der Waals surface area contributed by atoms with Gasteiger partial charge in [-0.3, -0.25) is 4.90 Å². The van der Waals surface area contributed by atoms with Crippen molar-refractivity contribution in [1.29, 1.82) is 0 Å². The molecule has 0 fully saturated rings. The highest BCUT2D eigenvalue weighted by atomic mass is 15.1. The molecule has 0 unspecified atom stereocenters. The molecule has 0 amide bonds. The Morgan fingerprint density at radius 1 is 1.23 bits per heavy atom. The average Bonchev–Trinajstić information content (AvgIpc) is 2.19. The van der Waals surface area contributed by atoms with Gasteiger partial charge in [-0.15, -0.1) is 0 Å². The third kappa shape index (κ3) is 3.78. The molecule has 0 aliphatic rings. The number of hydrogen-bond donors (Lipinski definition) is 0. The van der Waals surface area contributed by atoms with Crippen molar-refractivity contribution >= 4 is 0 Å². The van der Waals surface area contributed by atoms with Gasteiger partial charge in [-0.25, -0.2) is 0 Å². The molecule has 1 aromatic rings. The molecule has 0 spiro atoms. The second-order valence-corrected chi connectivity index (χ2v) is 3.00. The minimum Gasteiger partial charge on any atom is -0.296 e. The number of hydrogen-bond acceptors (Lipinski definition) is 1. The van der Waals surface area contributed by atoms with Gasteiger partial charge in [0.05, 0.1) is 6.54 Å². The third-order valence-electron chi connectivity index (χ3n) is 1.90. The molecule has 0 saturated heterocycles. The SMILES string of the molecule is CCN(C)CC#Cc1ccccc1. The maximum absolute atomic E-state index is 3.13. The van der Waals surface area contributed by atoms with E-state index in [1.807, 2.05) is 30.3 Å². The Labute approximate surface area is 80.4 Å². The van der Waals surface area contributed by atoms with E-state index in [2.05, 4.69) is 30.7 Å². The highest BCUT2D eigenvalue weighted by Gasteiger charge is 1.87. The fourth-order valence-corrected chi connectivity index (χ4v) is 0.910. The molecule has 13 heavy (non-hydrogen) atoms. The molecule has 1 nitrogen and oxygen atoms in total. The molecule has 0 N–H and O–H groups in total. The average molecular weight is 173 g/mol. The second kappa shape index (κ2) is 5.40. The van der Waals surface area contributed by atoms with E-state index in [0.29, 0.717) is 0 Å². The summed E-state index contributed by atoms with van der Waals surface area (Å²) in [5, 5.41) is 0. The summed E-state index contributed by atoms with van der Waals surface area (Å²) in [4.78, 5) is 2.18. The number of rotatable bonds is 2. The van der Waals surface area contributed by atoms with Crippen molar-refractivity contribution in [3.63, 3.8) is 0 Å². The van der Waals surface area contributed by atoms with Crippen molar-refractivity contribution in [2.24, 2.45) is 0 Å². The van der Waals surface area contributed by atoms with Gasteiger partial charge in [0.25, 0.3) is 0 Å². The molecule has 1 rings (SSSR count). The van der Waals surface area contributed by atoms with Gasteiger partial charge in [0.1, 0.15) is 0 Å². The van der Waals surface area contributed by atoms with Crippen molar-refractivity contribution in [1.82, 2.24) is 4.90 Å². The van der Waals surface area contributed by atoms with Crippen LogP contribution >= 0.6 is 0 Å². The number of benzene rings is 1. The van der Waals surface area contributed by atoms with Crippen molar-refractivity contribution in [3.8, 4) is 11.8 Å². The van der Waals surface area contributed by atoms with Gasteiger partial charge in [-0.1, -0.05) is 37.0 Å². The van der Waals surface area contributed by atoms with Crippen LogP contribution in [0.4, 0.5) is 0 Å². The van der Waals surface area contributed by atoms with Crippen LogP contribution in [-0.4, -0.2) is 25.0 Å². The fourth-order valence-electron chi connectivity index (χ4n) is 0.910. The summed E-state index contributed by atoms with van der Waals surface area (Å²) in [6.45, 7) is 4.01. The van der Waals surface area contributed by atoms with Gasteiger partial charge in [0, 0.05) is 5.56 Å². The third-order valence-corrected chi connectivity index (χ3v) is 1.90. The Kier molecular flexibility index (Phi) is 4.08. The Hall–Kier alpha value is -1.26. The van der Waals surface area contributed by atoms with Crippen LogP contribution in [0.2, 0.25) is 0 Å². The quantitative estimate of drug-likeness (QED) is 0.618. The van der Waals surface area contributed by atoms with Crippen molar-refractivity contribution in [2.45, 2.75) is 6.92 Å². The lowest BCUT2D eigenvalue weighted by atomic mass is 10.2. The van der Waals surface area contributed by atoms with Gasteiger partial charge < -0.3 is 0 Å². The number of nitrogens with zero attached hydrogens (tertiary/aromatic N) is 1. The lowest BCUT2D eigenvalue weighted by Gasteiger charge is -2.07. The van der Waals surface area contributed by atoms with Crippen LogP contribution in [-0.2, 0) is 0 Å². The van der Waals surface area contributed by atoms with Crippen molar-refractivity contribution in [2.75, 3.05) is 20.1 Å². The fraction of sp³-hybridized carbons (Fsp3) is 0.333. The molecule has 68 valence electrons. The van der Waals surface area contributed by atoms with E-state index in [4.69, 9.17) is 0 Å². The summed E-state index contributed by atoms with van der Waals surface area (Å²) >= 11 is 0. The minimum atomic E-state index is 0.839. The van der Waals surface area contributed by atoms with Gasteiger partial charge in [-0.05, 0) is 25.7 Å². The molecule has 0 aliphatic heterocycles. The standard InChI is InChI=1S/C12H15N/c1-3-13(2)11-7-10-12-8-5-4-6-9-12/h4-6,8-9H,3,11H2,1-2H3. The predicted octanol–water partition coefficient (Wildman–Crippen LogP) is 1.99. The monoisotopic (exact) mass is 173 g/mol.